The zero-order valence-corrected chi connectivity index (χ0v) is 39.1. The maximum Gasteiger partial charge on any atom is 0.312 e. The van der Waals surface area contributed by atoms with E-state index in [-0.39, 0.29) is 44.5 Å². The molecular formula is C50H64N4O12. The van der Waals surface area contributed by atoms with E-state index in [0.29, 0.717) is 19.6 Å². The molecule has 356 valence electrons. The highest BCUT2D eigenvalue weighted by atomic mass is 16.7. The first kappa shape index (κ1) is 49.5. The number of hydrogen-bond acceptors (Lipinski definition) is 15. The fourth-order valence-electron chi connectivity index (χ4n) is 9.08. The standard InChI is InChI=1S/C50H64N4O12/c1-27-15-13-16-28(2)49(62)52-40-35(25-51-54-21-14-20-53(22-23-54)26-34-17-11-10-12-18-34)44(59)37-38(45(40)60)43(58)32(6)47-39(37)48(61)50(8,66-47)64-24-19-36(63-9)29(3)46(65-33(7)55)31(5)42(57)30(4)41(27)56/h10-13,15-19,24-25,27,29-31,36,41-42,46,56-60H,14,20-23,26H2,1-9H3,(H,52,62)/t27-,29+,30-,31-,36+,41-,42-,46-,50-/m0/s1. The van der Waals surface area contributed by atoms with E-state index in [2.05, 4.69) is 22.3 Å². The lowest BCUT2D eigenvalue weighted by atomic mass is 9.78. The van der Waals surface area contributed by atoms with E-state index in [1.54, 1.807) is 39.8 Å². The minimum atomic E-state index is -2.06. The number of nitrogens with zero attached hydrogens (tertiary/aromatic N) is 3. The molecule has 0 aliphatic carbocycles. The quantitative estimate of drug-likeness (QED) is 0.0693. The van der Waals surface area contributed by atoms with Gasteiger partial charge in [-0.2, -0.15) is 5.10 Å². The lowest BCUT2D eigenvalue weighted by Gasteiger charge is -2.38. The van der Waals surface area contributed by atoms with Gasteiger partial charge in [0.05, 0.1) is 53.0 Å². The van der Waals surface area contributed by atoms with Crippen molar-refractivity contribution in [2.24, 2.45) is 28.8 Å². The summed E-state index contributed by atoms with van der Waals surface area (Å²) < 4.78 is 23.8. The zero-order chi connectivity index (χ0) is 48.2. The number of carbonyl (C=O) groups excluding carboxylic acids is 3. The van der Waals surface area contributed by atoms with E-state index in [9.17, 15) is 39.9 Å². The topological polar surface area (TPSA) is 220 Å². The number of methoxy groups -OCH3 is 1. The summed E-state index contributed by atoms with van der Waals surface area (Å²) in [7, 11) is 1.44. The maximum absolute atomic E-state index is 14.6. The Labute approximate surface area is 385 Å². The normalized spacial score (nSPS) is 28.3. The number of ether oxygens (including phenoxy) is 4. The van der Waals surface area contributed by atoms with Crippen molar-refractivity contribution < 1.29 is 58.9 Å². The van der Waals surface area contributed by atoms with Crippen molar-refractivity contribution >= 4 is 40.3 Å². The summed E-state index contributed by atoms with van der Waals surface area (Å²) in [5, 5.41) is 67.8. The molecule has 4 aliphatic heterocycles. The number of phenols is 3. The van der Waals surface area contributed by atoms with Crippen molar-refractivity contribution in [2.45, 2.75) is 98.6 Å². The molecule has 16 nitrogen and oxygen atoms in total. The number of nitrogens with one attached hydrogen (secondary N) is 1. The summed E-state index contributed by atoms with van der Waals surface area (Å²) >= 11 is 0. The number of fused-ring (bicyclic) bond motifs is 14. The van der Waals surface area contributed by atoms with E-state index in [1.807, 2.05) is 23.2 Å². The van der Waals surface area contributed by atoms with Crippen LogP contribution in [0.5, 0.6) is 23.0 Å². The number of allylic oxidation sites excluding steroid dienone is 2. The van der Waals surface area contributed by atoms with Gasteiger partial charge >= 0.3 is 11.8 Å². The van der Waals surface area contributed by atoms with Crippen LogP contribution in [-0.2, 0) is 30.3 Å². The number of carbonyl (C=O) groups is 3. The molecular weight excluding hydrogens is 849 g/mol. The highest BCUT2D eigenvalue weighted by molar-refractivity contribution is 6.23. The number of ketones is 1. The Morgan fingerprint density at radius 1 is 0.924 bits per heavy atom. The number of phenolic OH excluding ortho intramolecular Hbond substituents is 3. The fourth-order valence-corrected chi connectivity index (χ4v) is 9.08. The Morgan fingerprint density at radius 2 is 1.64 bits per heavy atom. The molecule has 5 bridgehead atoms. The third-order valence-electron chi connectivity index (χ3n) is 13.2. The van der Waals surface area contributed by atoms with E-state index < -0.39 is 88.8 Å². The van der Waals surface area contributed by atoms with Gasteiger partial charge in [-0.3, -0.25) is 24.3 Å². The van der Waals surface area contributed by atoms with Gasteiger partial charge in [0.25, 0.3) is 11.7 Å². The first-order valence-corrected chi connectivity index (χ1v) is 22.4. The van der Waals surface area contributed by atoms with Crippen LogP contribution in [0.4, 0.5) is 5.69 Å². The van der Waals surface area contributed by atoms with Crippen LogP contribution in [0.2, 0.25) is 0 Å². The van der Waals surface area contributed by atoms with Crippen LogP contribution in [0, 0.1) is 30.6 Å². The molecule has 3 aromatic rings. The van der Waals surface area contributed by atoms with Gasteiger partial charge in [-0.05, 0) is 31.9 Å². The monoisotopic (exact) mass is 912 g/mol. The van der Waals surface area contributed by atoms with Gasteiger partial charge in [0, 0.05) is 93.9 Å². The van der Waals surface area contributed by atoms with Gasteiger partial charge in [-0.1, -0.05) is 76.3 Å². The van der Waals surface area contributed by atoms with Crippen LogP contribution in [0.3, 0.4) is 0 Å². The summed E-state index contributed by atoms with van der Waals surface area (Å²) in [4.78, 5) is 43.2. The molecule has 0 aromatic heterocycles. The average molecular weight is 913 g/mol. The van der Waals surface area contributed by atoms with E-state index >= 15 is 0 Å². The van der Waals surface area contributed by atoms with Gasteiger partial charge < -0.3 is 49.8 Å². The van der Waals surface area contributed by atoms with Gasteiger partial charge in [0.1, 0.15) is 23.4 Å². The summed E-state index contributed by atoms with van der Waals surface area (Å²) in [5.41, 5.74) is 0.823. The maximum atomic E-state index is 14.6. The van der Waals surface area contributed by atoms with Crippen LogP contribution in [-0.4, -0.2) is 123 Å². The summed E-state index contributed by atoms with van der Waals surface area (Å²) in [6.45, 7) is 15.9. The van der Waals surface area contributed by atoms with Crippen LogP contribution >= 0.6 is 0 Å². The minimum Gasteiger partial charge on any atom is -0.507 e. The van der Waals surface area contributed by atoms with Crippen molar-refractivity contribution in [3.63, 3.8) is 0 Å². The van der Waals surface area contributed by atoms with Crippen molar-refractivity contribution in [1.82, 2.24) is 9.91 Å². The number of hydrogen-bond donors (Lipinski definition) is 6. The largest absolute Gasteiger partial charge is 0.507 e. The van der Waals surface area contributed by atoms with Crippen molar-refractivity contribution in [1.29, 1.82) is 0 Å². The lowest BCUT2D eigenvalue weighted by molar-refractivity contribution is -0.160. The van der Waals surface area contributed by atoms with Gasteiger partial charge in [0.2, 0.25) is 0 Å². The van der Waals surface area contributed by atoms with E-state index in [1.165, 1.54) is 65.0 Å². The second-order valence-electron chi connectivity index (χ2n) is 17.9. The number of aliphatic hydroxyl groups excluding tert-OH is 2. The highest BCUT2D eigenvalue weighted by Gasteiger charge is 2.50. The summed E-state index contributed by atoms with van der Waals surface area (Å²) in [6.07, 6.45) is 5.67. The SMILES string of the molecule is CO[C@@H]1C=CO[C@@]2(C)Oc3c(C)c(O)c4c(O)c(c(C=NN5CCCN(Cc6ccccc6)CC5)c(O)c4c3C2=O)NC(=O)C(C)=CC=C[C@H](C)[C@H](O)[C@H](C)[C@H](O)[C@H](C)[C@@H](OC(C)=O)[C@@H]1C. The molecule has 7 rings (SSSR count). The Kier molecular flexibility index (Phi) is 15.5. The number of rotatable bonds is 6. The first-order valence-electron chi connectivity index (χ1n) is 22.4. The third-order valence-corrected chi connectivity index (χ3v) is 13.2. The molecule has 1 fully saturated rings. The fraction of sp³-hybridized carbons (Fsp3) is 0.480. The molecule has 0 saturated carbocycles. The van der Waals surface area contributed by atoms with Crippen molar-refractivity contribution in [3.8, 4) is 23.0 Å². The number of anilines is 1. The molecule has 0 unspecified atom stereocenters. The predicted molar refractivity (Wildman–Crippen MR) is 249 cm³/mol. The predicted octanol–water partition coefficient (Wildman–Crippen LogP) is 6.30. The highest BCUT2D eigenvalue weighted by Crippen LogP contribution is 2.55. The lowest BCUT2D eigenvalue weighted by Crippen LogP contribution is -2.46. The van der Waals surface area contributed by atoms with Gasteiger partial charge in [-0.15, -0.1) is 0 Å². The number of esters is 1. The molecule has 3 aromatic carbocycles. The van der Waals surface area contributed by atoms with Crippen LogP contribution < -0.4 is 10.1 Å². The average Bonchev–Trinajstić information content (AvgIpc) is 3.39. The first-order chi connectivity index (χ1) is 31.3. The number of Topliss-reactive ketones (excluding diaryl/α,β-unsaturated/α-hetero) is 1. The Bertz CT molecular complexity index is 2420. The van der Waals surface area contributed by atoms with E-state index in [4.69, 9.17) is 24.0 Å². The molecule has 1 amide bonds. The third kappa shape index (κ3) is 10.2. The van der Waals surface area contributed by atoms with Crippen LogP contribution in [0.15, 0.2) is 71.6 Å². The Morgan fingerprint density at radius 3 is 2.32 bits per heavy atom. The molecule has 9 atom stereocenters. The summed E-state index contributed by atoms with van der Waals surface area (Å²) in [5.74, 6) is -8.41. The minimum absolute atomic E-state index is 0.0533. The molecule has 16 heteroatoms. The van der Waals surface area contributed by atoms with Crippen LogP contribution in [0.25, 0.3) is 10.8 Å². The number of aromatic hydroxyl groups is 3. The van der Waals surface area contributed by atoms with Crippen molar-refractivity contribution in [2.75, 3.05) is 38.6 Å². The van der Waals surface area contributed by atoms with Crippen molar-refractivity contribution in [3.05, 3.63) is 88.7 Å². The Hall–Kier alpha value is -5.94. The van der Waals surface area contributed by atoms with Gasteiger partial charge in [-0.25, -0.2) is 0 Å². The molecule has 66 heavy (non-hydrogen) atoms. The number of amides is 1. The number of benzene rings is 3. The molecule has 0 spiro atoms. The smallest absolute Gasteiger partial charge is 0.312 e. The van der Waals surface area contributed by atoms with E-state index in [0.717, 1.165) is 19.5 Å². The molecule has 6 N–H and O–H groups in total. The molecule has 1 saturated heterocycles. The number of hydrazone groups is 1. The molecule has 4 aliphatic rings. The second kappa shape index (κ2) is 20.7. The zero-order valence-electron chi connectivity index (χ0n) is 39.1. The van der Waals surface area contributed by atoms with Crippen LogP contribution in [0.1, 0.15) is 81.9 Å². The number of aliphatic hydroxyl groups is 2. The van der Waals surface area contributed by atoms with Gasteiger partial charge in [0.15, 0.2) is 5.75 Å². The summed E-state index contributed by atoms with van der Waals surface area (Å²) in [6, 6.07) is 10.1. The Balaban J connectivity index is 1.47. The molecule has 4 heterocycles. The second-order valence-corrected chi connectivity index (χ2v) is 17.9. The molecule has 0 radical (unpaired) electrons.